The third kappa shape index (κ3) is 28.0. The highest BCUT2D eigenvalue weighted by molar-refractivity contribution is 7.47. The maximum atomic E-state index is 12.6. The van der Waals surface area contributed by atoms with E-state index in [4.69, 9.17) is 24.3 Å². The van der Waals surface area contributed by atoms with Crippen LogP contribution in [0.3, 0.4) is 0 Å². The third-order valence-corrected chi connectivity index (χ3v) is 9.50. The predicted octanol–water partition coefficient (Wildman–Crippen LogP) is 8.88. The number of rotatable bonds is 33. The summed E-state index contributed by atoms with van der Waals surface area (Å²) in [5.74, 6) is -1.29. The summed E-state index contributed by atoms with van der Waals surface area (Å²) in [4.78, 5) is 47.3. The number of aliphatic hydroxyl groups is 1. The second-order valence-electron chi connectivity index (χ2n) is 13.4. The van der Waals surface area contributed by atoms with Crippen LogP contribution in [0.5, 0.6) is 0 Å². The number of phosphoric ester groups is 1. The molecule has 12 heteroatoms. The van der Waals surface area contributed by atoms with Crippen molar-refractivity contribution in [3.05, 3.63) is 85.1 Å². The average molecular weight is 790 g/mol. The summed E-state index contributed by atoms with van der Waals surface area (Å²) in [6.45, 7) is 3.20. The fourth-order valence-electron chi connectivity index (χ4n) is 5.44. The Bertz CT molecular complexity index is 1320. The van der Waals surface area contributed by atoms with Gasteiger partial charge in [-0.05, 0) is 82.6 Å². The van der Waals surface area contributed by atoms with Gasteiger partial charge in [-0.3, -0.25) is 23.4 Å². The number of phosphoric acid groups is 1. The monoisotopic (exact) mass is 789 g/mol. The van der Waals surface area contributed by atoms with Gasteiger partial charge in [0.1, 0.15) is 6.61 Å². The Morgan fingerprint density at radius 3 is 2.18 bits per heavy atom. The highest BCUT2D eigenvalue weighted by atomic mass is 31.2. The van der Waals surface area contributed by atoms with Gasteiger partial charge in [-0.1, -0.05) is 112 Å². The number of unbranched alkanes of at least 4 members (excludes halogenated alkanes) is 5. The number of carbonyl (C=O) groups excluding carboxylic acids is 3. The number of allylic oxidation sites excluding steroid dienone is 13. The Kier molecular flexibility index (Phi) is 29.9. The van der Waals surface area contributed by atoms with Gasteiger partial charge in [0.2, 0.25) is 0 Å². The molecule has 0 heterocycles. The average Bonchev–Trinajstić information content (AvgIpc) is 3.52. The number of esters is 2. The van der Waals surface area contributed by atoms with E-state index in [1.165, 1.54) is 0 Å². The molecule has 1 aliphatic rings. The zero-order valence-electron chi connectivity index (χ0n) is 33.2. The Morgan fingerprint density at radius 2 is 1.49 bits per heavy atom. The summed E-state index contributed by atoms with van der Waals surface area (Å²) >= 11 is 0. The zero-order chi connectivity index (χ0) is 40.4. The molecule has 0 aliphatic heterocycles. The molecule has 0 saturated heterocycles. The van der Waals surface area contributed by atoms with Crippen LogP contribution in [0.2, 0.25) is 0 Å². The standard InChI is InChI=1S/C43H68NO10P/c1-3-5-7-8-9-10-11-12-13-14-15-16-17-18-23-27-42(47)51-35-39(36-53-55(49,50)52-34-33-44)54-43(48)28-24-20-19-22-25-37-29-32-41(46)40(37)31-30-38(45)26-21-6-4-2/h5,7,9-10,12-13,15-16,19,22,29-32,37-40,45H,3-4,6,8,11,14,17-18,20-21,23-28,33-36,44H2,1-2H3,(H,49,50)/b7-5-,10-9-,13-12-,16-15-,22-19-,31-30+/t37-,38-,39+,40+/m0/s1. The van der Waals surface area contributed by atoms with Crippen molar-refractivity contribution in [1.82, 2.24) is 0 Å². The Labute approximate surface area is 330 Å². The smallest absolute Gasteiger partial charge is 0.462 e. The van der Waals surface area contributed by atoms with Crippen LogP contribution in [0.15, 0.2) is 85.1 Å². The van der Waals surface area contributed by atoms with Crippen LogP contribution in [0.4, 0.5) is 0 Å². The summed E-state index contributed by atoms with van der Waals surface area (Å²) in [6.07, 6.45) is 38.2. The largest absolute Gasteiger partial charge is 0.472 e. The minimum atomic E-state index is -4.45. The van der Waals surface area contributed by atoms with E-state index >= 15 is 0 Å². The first-order valence-corrected chi connectivity index (χ1v) is 21.6. The van der Waals surface area contributed by atoms with Crippen molar-refractivity contribution in [3.63, 3.8) is 0 Å². The lowest BCUT2D eigenvalue weighted by Crippen LogP contribution is -2.29. The number of nitrogens with two attached hydrogens (primary N) is 1. The van der Waals surface area contributed by atoms with E-state index < -0.39 is 38.6 Å². The quantitative estimate of drug-likeness (QED) is 0.0251. The second kappa shape index (κ2) is 33.0. The molecule has 55 heavy (non-hydrogen) atoms. The summed E-state index contributed by atoms with van der Waals surface area (Å²) in [7, 11) is -4.45. The van der Waals surface area contributed by atoms with Crippen molar-refractivity contribution in [1.29, 1.82) is 0 Å². The van der Waals surface area contributed by atoms with Crippen molar-refractivity contribution in [2.75, 3.05) is 26.4 Å². The van der Waals surface area contributed by atoms with Gasteiger partial charge in [0, 0.05) is 25.3 Å². The van der Waals surface area contributed by atoms with Crippen LogP contribution in [-0.4, -0.2) is 66.3 Å². The maximum Gasteiger partial charge on any atom is 0.472 e. The minimum Gasteiger partial charge on any atom is -0.462 e. The molecule has 0 saturated carbocycles. The number of carbonyl (C=O) groups is 3. The molecule has 0 spiro atoms. The number of hydrogen-bond acceptors (Lipinski definition) is 10. The van der Waals surface area contributed by atoms with Crippen molar-refractivity contribution in [3.8, 4) is 0 Å². The highest BCUT2D eigenvalue weighted by Crippen LogP contribution is 2.43. The lowest BCUT2D eigenvalue weighted by atomic mass is 9.90. The summed E-state index contributed by atoms with van der Waals surface area (Å²) in [5.41, 5.74) is 5.33. The molecule has 1 rings (SSSR count). The van der Waals surface area contributed by atoms with Gasteiger partial charge in [0.05, 0.1) is 19.3 Å². The molecule has 0 fully saturated rings. The van der Waals surface area contributed by atoms with Gasteiger partial charge in [0.15, 0.2) is 11.9 Å². The van der Waals surface area contributed by atoms with Crippen LogP contribution >= 0.6 is 7.82 Å². The van der Waals surface area contributed by atoms with Crippen molar-refractivity contribution in [2.24, 2.45) is 17.6 Å². The Morgan fingerprint density at radius 1 is 0.836 bits per heavy atom. The van der Waals surface area contributed by atoms with E-state index in [-0.39, 0.29) is 50.2 Å². The number of aliphatic hydroxyl groups excluding tert-OH is 1. The first-order valence-electron chi connectivity index (χ1n) is 20.1. The van der Waals surface area contributed by atoms with Crippen LogP contribution in [0.25, 0.3) is 0 Å². The molecule has 0 amide bonds. The van der Waals surface area contributed by atoms with Crippen molar-refractivity contribution in [2.45, 2.75) is 129 Å². The Balaban J connectivity index is 2.45. The van der Waals surface area contributed by atoms with Crippen LogP contribution in [0, 0.1) is 11.8 Å². The minimum absolute atomic E-state index is 0.0110. The number of ketones is 1. The fraction of sp³-hybridized carbons (Fsp3) is 0.605. The Hall–Kier alpha value is -3.18. The zero-order valence-corrected chi connectivity index (χ0v) is 34.1. The van der Waals surface area contributed by atoms with E-state index in [9.17, 15) is 28.9 Å². The van der Waals surface area contributed by atoms with E-state index in [0.29, 0.717) is 32.1 Å². The molecule has 310 valence electrons. The lowest BCUT2D eigenvalue weighted by molar-refractivity contribution is -0.161. The van der Waals surface area contributed by atoms with Gasteiger partial charge in [-0.15, -0.1) is 0 Å². The van der Waals surface area contributed by atoms with Gasteiger partial charge in [0.25, 0.3) is 0 Å². The molecular formula is C43H68NO10P. The van der Waals surface area contributed by atoms with Gasteiger partial charge >= 0.3 is 19.8 Å². The van der Waals surface area contributed by atoms with Crippen LogP contribution < -0.4 is 5.73 Å². The highest BCUT2D eigenvalue weighted by Gasteiger charge is 2.27. The molecule has 4 N–H and O–H groups in total. The molecule has 0 radical (unpaired) electrons. The molecule has 0 aromatic rings. The summed E-state index contributed by atoms with van der Waals surface area (Å²) in [6, 6.07) is 0. The van der Waals surface area contributed by atoms with E-state index in [0.717, 1.165) is 57.8 Å². The van der Waals surface area contributed by atoms with E-state index in [1.807, 2.05) is 24.3 Å². The molecule has 0 aromatic heterocycles. The van der Waals surface area contributed by atoms with Crippen LogP contribution in [-0.2, 0) is 37.5 Å². The van der Waals surface area contributed by atoms with Gasteiger partial charge < -0.3 is 25.2 Å². The van der Waals surface area contributed by atoms with E-state index in [1.54, 1.807) is 12.2 Å². The topological polar surface area (TPSA) is 172 Å². The molecule has 1 unspecified atom stereocenters. The predicted molar refractivity (Wildman–Crippen MR) is 219 cm³/mol. The first kappa shape index (κ1) is 49.8. The molecule has 0 aromatic carbocycles. The summed E-state index contributed by atoms with van der Waals surface area (Å²) in [5, 5.41) is 10.2. The van der Waals surface area contributed by atoms with Gasteiger partial charge in [-0.2, -0.15) is 0 Å². The van der Waals surface area contributed by atoms with Crippen molar-refractivity contribution < 1.29 is 47.5 Å². The maximum absolute atomic E-state index is 12.6. The molecular weight excluding hydrogens is 721 g/mol. The molecule has 11 nitrogen and oxygen atoms in total. The normalized spacial score (nSPS) is 18.5. The third-order valence-electron chi connectivity index (χ3n) is 8.51. The summed E-state index contributed by atoms with van der Waals surface area (Å²) < 4.78 is 32.6. The van der Waals surface area contributed by atoms with Crippen molar-refractivity contribution >= 4 is 25.5 Å². The SMILES string of the molecule is CC/C=C\C/C=C\C/C=C\C/C=C\CCCCC(=O)OC[C@H](COP(=O)(O)OCCN)OC(=O)CCC/C=C\C[C@H]1C=CC(=O)[C@@H]1/C=C/[C@@H](O)CCCCC. The lowest BCUT2D eigenvalue weighted by Gasteiger charge is -2.19. The number of hydrogen-bond donors (Lipinski definition) is 3. The second-order valence-corrected chi connectivity index (χ2v) is 14.9. The number of ether oxygens (including phenoxy) is 2. The molecule has 1 aliphatic carbocycles. The molecule has 5 atom stereocenters. The van der Waals surface area contributed by atoms with E-state index in [2.05, 4.69) is 62.5 Å². The van der Waals surface area contributed by atoms with Gasteiger partial charge in [-0.25, -0.2) is 4.57 Å². The molecule has 0 bridgehead atoms. The fourth-order valence-corrected chi connectivity index (χ4v) is 6.20. The first-order chi connectivity index (χ1) is 26.6. The van der Waals surface area contributed by atoms with Crippen LogP contribution in [0.1, 0.15) is 117 Å².